The number of aromatic nitrogens is 2. The van der Waals surface area contributed by atoms with Crippen molar-refractivity contribution >= 4 is 45.0 Å². The van der Waals surface area contributed by atoms with E-state index >= 15 is 0 Å². The third kappa shape index (κ3) is 3.13. The second-order valence-electron chi connectivity index (χ2n) is 9.37. The number of ether oxygens (including phenoxy) is 1. The Bertz CT molecular complexity index is 1570. The molecular weight excluding hydrogens is 444 g/mol. The molecule has 0 unspecified atom stereocenters. The first kappa shape index (κ1) is 21.6. The van der Waals surface area contributed by atoms with E-state index in [1.54, 1.807) is 32.4 Å². The van der Waals surface area contributed by atoms with E-state index in [1.807, 2.05) is 31.2 Å². The number of piperidine rings is 1. The van der Waals surface area contributed by atoms with Crippen LogP contribution in [0.15, 0.2) is 47.3 Å². The molecule has 2 aliphatic heterocycles. The van der Waals surface area contributed by atoms with E-state index in [9.17, 15) is 14.4 Å². The van der Waals surface area contributed by atoms with Gasteiger partial charge in [-0.25, -0.2) is 9.69 Å². The molecule has 3 heterocycles. The molecule has 0 radical (unpaired) electrons. The molecule has 8 nitrogen and oxygen atoms in total. The molecular formula is C27H26N4O4. The van der Waals surface area contributed by atoms with Crippen LogP contribution in [0.5, 0.6) is 0 Å². The van der Waals surface area contributed by atoms with Gasteiger partial charge < -0.3 is 14.6 Å². The number of nitrogens with one attached hydrogen (secondary N) is 1. The number of methoxy groups -OCH3 is 1. The van der Waals surface area contributed by atoms with Gasteiger partial charge in [-0.1, -0.05) is 12.1 Å². The van der Waals surface area contributed by atoms with E-state index in [2.05, 4.69) is 9.88 Å². The van der Waals surface area contributed by atoms with Gasteiger partial charge in [-0.05, 0) is 55.7 Å². The van der Waals surface area contributed by atoms with Gasteiger partial charge in [0.15, 0.2) is 0 Å². The molecule has 1 fully saturated rings. The lowest BCUT2D eigenvalue weighted by Crippen LogP contribution is -2.41. The minimum absolute atomic E-state index is 0.245. The van der Waals surface area contributed by atoms with Crippen LogP contribution in [0.2, 0.25) is 0 Å². The average Bonchev–Trinajstić information content (AvgIpc) is 3.14. The number of anilines is 2. The van der Waals surface area contributed by atoms with Crippen LogP contribution in [0.1, 0.15) is 39.1 Å². The van der Waals surface area contributed by atoms with Crippen molar-refractivity contribution in [2.45, 2.75) is 25.9 Å². The fraction of sp³-hybridized carbons (Fsp3) is 0.296. The maximum absolute atomic E-state index is 13.8. The Morgan fingerprint density at radius 2 is 1.66 bits per heavy atom. The Balaban J connectivity index is 1.48. The number of benzene rings is 3. The summed E-state index contributed by atoms with van der Waals surface area (Å²) < 4.78 is 6.99. The molecule has 3 aromatic carbocycles. The molecule has 178 valence electrons. The van der Waals surface area contributed by atoms with E-state index in [0.29, 0.717) is 33.2 Å². The molecule has 6 rings (SSSR count). The van der Waals surface area contributed by atoms with Crippen LogP contribution in [0.3, 0.4) is 0 Å². The lowest BCUT2D eigenvalue weighted by atomic mass is 9.91. The Kier molecular flexibility index (Phi) is 4.82. The minimum Gasteiger partial charge on any atom is -0.381 e. The smallest absolute Gasteiger partial charge is 0.326 e. The maximum Gasteiger partial charge on any atom is 0.326 e. The number of carbonyl (C=O) groups excluding carboxylic acids is 2. The van der Waals surface area contributed by atoms with Crippen LogP contribution in [0.25, 0.3) is 21.8 Å². The number of rotatable bonds is 3. The summed E-state index contributed by atoms with van der Waals surface area (Å²) in [4.78, 5) is 46.0. The van der Waals surface area contributed by atoms with Crippen molar-refractivity contribution in [3.05, 3.63) is 69.6 Å². The molecule has 8 heteroatoms. The molecule has 1 aromatic heterocycles. The summed E-state index contributed by atoms with van der Waals surface area (Å²) in [7, 11) is 3.41. The average molecular weight is 471 g/mol. The zero-order chi connectivity index (χ0) is 24.4. The van der Waals surface area contributed by atoms with Crippen LogP contribution in [-0.4, -0.2) is 47.7 Å². The number of aromatic amines is 1. The first-order valence-corrected chi connectivity index (χ1v) is 11.8. The lowest BCUT2D eigenvalue weighted by Gasteiger charge is -2.35. The second-order valence-corrected chi connectivity index (χ2v) is 9.37. The SMILES string of the molecule is COC1CCN(c2ccc3c4c(cccc24)C(=O)N(c2cc4c(cc2C)[nH]c(=O)n4C)C3=O)CC1. The predicted molar refractivity (Wildman–Crippen MR) is 136 cm³/mol. The summed E-state index contributed by atoms with van der Waals surface area (Å²) in [6.07, 6.45) is 2.14. The molecule has 0 atom stereocenters. The summed E-state index contributed by atoms with van der Waals surface area (Å²) in [5.41, 5.74) is 4.32. The van der Waals surface area contributed by atoms with Gasteiger partial charge in [0.1, 0.15) is 0 Å². The topological polar surface area (TPSA) is 87.6 Å². The van der Waals surface area contributed by atoms with Crippen LogP contribution in [0.4, 0.5) is 11.4 Å². The maximum atomic E-state index is 13.8. The highest BCUT2D eigenvalue weighted by Crippen LogP contribution is 2.39. The van der Waals surface area contributed by atoms with Crippen LogP contribution < -0.4 is 15.5 Å². The van der Waals surface area contributed by atoms with Crippen LogP contribution in [0, 0.1) is 6.92 Å². The van der Waals surface area contributed by atoms with Gasteiger partial charge >= 0.3 is 5.69 Å². The Labute approximate surface area is 201 Å². The van der Waals surface area contributed by atoms with E-state index in [0.717, 1.165) is 42.6 Å². The summed E-state index contributed by atoms with van der Waals surface area (Å²) in [6.45, 7) is 3.56. The van der Waals surface area contributed by atoms with E-state index in [1.165, 1.54) is 9.47 Å². The zero-order valence-electron chi connectivity index (χ0n) is 19.9. The van der Waals surface area contributed by atoms with Gasteiger partial charge in [-0.15, -0.1) is 0 Å². The van der Waals surface area contributed by atoms with Gasteiger partial charge in [0, 0.05) is 54.8 Å². The van der Waals surface area contributed by atoms with Crippen LogP contribution >= 0.6 is 0 Å². The van der Waals surface area contributed by atoms with Crippen molar-refractivity contribution in [3.63, 3.8) is 0 Å². The largest absolute Gasteiger partial charge is 0.381 e. The summed E-state index contributed by atoms with van der Waals surface area (Å²) in [5.74, 6) is -0.711. The molecule has 0 aliphatic carbocycles. The summed E-state index contributed by atoms with van der Waals surface area (Å²) in [6, 6.07) is 13.0. The number of imidazole rings is 1. The number of amides is 2. The molecule has 1 saturated heterocycles. The van der Waals surface area contributed by atoms with Crippen molar-refractivity contribution in [1.29, 1.82) is 0 Å². The summed E-state index contributed by atoms with van der Waals surface area (Å²) >= 11 is 0. The number of nitrogens with zero attached hydrogens (tertiary/aromatic N) is 3. The first-order chi connectivity index (χ1) is 16.9. The summed E-state index contributed by atoms with van der Waals surface area (Å²) in [5, 5.41) is 1.62. The van der Waals surface area contributed by atoms with Gasteiger partial charge in [0.05, 0.1) is 22.8 Å². The van der Waals surface area contributed by atoms with Crippen molar-refractivity contribution < 1.29 is 14.3 Å². The Morgan fingerprint density at radius 3 is 2.37 bits per heavy atom. The van der Waals surface area contributed by atoms with Gasteiger partial charge in [-0.2, -0.15) is 0 Å². The third-order valence-electron chi connectivity index (χ3n) is 7.46. The Morgan fingerprint density at radius 1 is 0.943 bits per heavy atom. The third-order valence-corrected chi connectivity index (χ3v) is 7.46. The van der Waals surface area contributed by atoms with Crippen LogP contribution in [-0.2, 0) is 11.8 Å². The molecule has 2 aliphatic rings. The number of imide groups is 1. The van der Waals surface area contributed by atoms with Gasteiger partial charge in [-0.3, -0.25) is 14.2 Å². The van der Waals surface area contributed by atoms with Crippen molar-refractivity contribution in [3.8, 4) is 0 Å². The van der Waals surface area contributed by atoms with Crippen molar-refractivity contribution in [2.24, 2.45) is 7.05 Å². The Hall–Kier alpha value is -3.91. The number of fused-ring (bicyclic) bond motifs is 1. The molecule has 0 bridgehead atoms. The molecule has 35 heavy (non-hydrogen) atoms. The highest BCUT2D eigenvalue weighted by Gasteiger charge is 2.36. The highest BCUT2D eigenvalue weighted by molar-refractivity contribution is 6.36. The van der Waals surface area contributed by atoms with E-state index in [4.69, 9.17) is 4.74 Å². The number of H-pyrrole nitrogens is 1. The normalized spacial score (nSPS) is 16.7. The molecule has 0 saturated carbocycles. The minimum atomic E-state index is -0.355. The molecule has 2 amide bonds. The highest BCUT2D eigenvalue weighted by atomic mass is 16.5. The van der Waals surface area contributed by atoms with Gasteiger partial charge in [0.2, 0.25) is 0 Å². The number of aryl methyl sites for hydroxylation is 2. The second kappa shape index (κ2) is 7.81. The fourth-order valence-electron chi connectivity index (χ4n) is 5.52. The number of carbonyl (C=O) groups is 2. The zero-order valence-corrected chi connectivity index (χ0v) is 19.9. The van der Waals surface area contributed by atoms with Gasteiger partial charge in [0.25, 0.3) is 11.8 Å². The lowest BCUT2D eigenvalue weighted by molar-refractivity contribution is 0.0819. The first-order valence-electron chi connectivity index (χ1n) is 11.8. The van der Waals surface area contributed by atoms with E-state index in [-0.39, 0.29) is 23.6 Å². The van der Waals surface area contributed by atoms with E-state index < -0.39 is 0 Å². The standard InChI is InChI=1S/C27H26N4O4/c1-15-13-20-23(29(2)27(34)28-20)14-22(15)31-25(32)18-6-4-5-17-21(8-7-19(24(17)18)26(31)33)30-11-9-16(35-3)10-12-30/h4-8,13-14,16H,9-12H2,1-3H3,(H,28,34). The monoisotopic (exact) mass is 470 g/mol. The number of hydrogen-bond donors (Lipinski definition) is 1. The predicted octanol–water partition coefficient (Wildman–Crippen LogP) is 3.74. The number of hydrogen-bond acceptors (Lipinski definition) is 5. The molecule has 0 spiro atoms. The van der Waals surface area contributed by atoms with Crippen molar-refractivity contribution in [2.75, 3.05) is 30.0 Å². The molecule has 4 aromatic rings. The van der Waals surface area contributed by atoms with Crippen molar-refractivity contribution in [1.82, 2.24) is 9.55 Å². The molecule has 1 N–H and O–H groups in total. The fourth-order valence-corrected chi connectivity index (χ4v) is 5.52. The quantitative estimate of drug-likeness (QED) is 0.461.